The lowest BCUT2D eigenvalue weighted by Gasteiger charge is -2.27. The summed E-state index contributed by atoms with van der Waals surface area (Å²) in [5.74, 6) is 0.580. The summed E-state index contributed by atoms with van der Waals surface area (Å²) in [5, 5.41) is 0. The predicted octanol–water partition coefficient (Wildman–Crippen LogP) is 2.89. The summed E-state index contributed by atoms with van der Waals surface area (Å²) in [6.07, 6.45) is 2.16. The fraction of sp³-hybridized carbons (Fsp3) is 0.692. The molecule has 2 heterocycles. The van der Waals surface area contributed by atoms with E-state index in [1.807, 2.05) is 0 Å². The van der Waals surface area contributed by atoms with Gasteiger partial charge in [0.1, 0.15) is 10.7 Å². The van der Waals surface area contributed by atoms with E-state index in [1.54, 1.807) is 7.05 Å². The van der Waals surface area contributed by atoms with Gasteiger partial charge in [0, 0.05) is 25.7 Å². The van der Waals surface area contributed by atoms with Crippen molar-refractivity contribution in [2.24, 2.45) is 0 Å². The molecule has 1 aliphatic heterocycles. The van der Waals surface area contributed by atoms with Crippen LogP contribution < -0.4 is 0 Å². The van der Waals surface area contributed by atoms with E-state index in [-0.39, 0.29) is 21.5 Å². The van der Waals surface area contributed by atoms with Crippen molar-refractivity contribution in [1.82, 2.24) is 9.21 Å². The van der Waals surface area contributed by atoms with Crippen molar-refractivity contribution in [3.05, 3.63) is 16.5 Å². The second-order valence-corrected chi connectivity index (χ2v) is 8.20. The van der Waals surface area contributed by atoms with Crippen LogP contribution in [0.3, 0.4) is 0 Å². The lowest BCUT2D eigenvalue weighted by molar-refractivity contribution is 0.237. The summed E-state index contributed by atoms with van der Waals surface area (Å²) in [7, 11) is -1.96. The SMILES string of the molecule is CCN1CCCC1CN(C)S(=O)(=O)c1cc(CCl)oc1Br. The summed E-state index contributed by atoms with van der Waals surface area (Å²) in [5.41, 5.74) is 0. The van der Waals surface area contributed by atoms with Crippen molar-refractivity contribution in [3.63, 3.8) is 0 Å². The fourth-order valence-electron chi connectivity index (χ4n) is 2.72. The molecule has 1 fully saturated rings. The highest BCUT2D eigenvalue weighted by molar-refractivity contribution is 9.10. The highest BCUT2D eigenvalue weighted by Crippen LogP contribution is 2.29. The number of hydrogen-bond acceptors (Lipinski definition) is 4. The quantitative estimate of drug-likeness (QED) is 0.690. The zero-order valence-corrected chi connectivity index (χ0v) is 15.3. The molecule has 0 amide bonds. The van der Waals surface area contributed by atoms with Crippen molar-refractivity contribution in [2.75, 3.05) is 26.7 Å². The van der Waals surface area contributed by atoms with Crippen LogP contribution in [0.5, 0.6) is 0 Å². The van der Waals surface area contributed by atoms with Crippen LogP contribution in [0.25, 0.3) is 0 Å². The monoisotopic (exact) mass is 398 g/mol. The van der Waals surface area contributed by atoms with E-state index in [0.29, 0.717) is 12.3 Å². The third-order valence-electron chi connectivity index (χ3n) is 3.90. The van der Waals surface area contributed by atoms with E-state index in [0.717, 1.165) is 25.9 Å². The number of sulfonamides is 1. The molecule has 0 N–H and O–H groups in total. The Morgan fingerprint density at radius 2 is 2.29 bits per heavy atom. The molecule has 0 aromatic carbocycles. The van der Waals surface area contributed by atoms with Crippen molar-refractivity contribution >= 4 is 37.6 Å². The summed E-state index contributed by atoms with van der Waals surface area (Å²) < 4.78 is 32.2. The minimum Gasteiger partial charge on any atom is -0.452 e. The Morgan fingerprint density at radius 1 is 1.57 bits per heavy atom. The second kappa shape index (κ2) is 7.00. The summed E-state index contributed by atoms with van der Waals surface area (Å²) in [4.78, 5) is 2.46. The van der Waals surface area contributed by atoms with Gasteiger partial charge >= 0.3 is 0 Å². The van der Waals surface area contributed by atoms with Gasteiger partial charge in [0.05, 0.1) is 5.88 Å². The maximum absolute atomic E-state index is 12.6. The molecule has 0 saturated carbocycles. The smallest absolute Gasteiger partial charge is 0.247 e. The molecule has 1 aromatic rings. The summed E-state index contributed by atoms with van der Waals surface area (Å²) in [6, 6.07) is 1.77. The Balaban J connectivity index is 2.16. The number of likely N-dealkylation sites (tertiary alicyclic amines) is 1. The van der Waals surface area contributed by atoms with Crippen LogP contribution in [0.2, 0.25) is 0 Å². The largest absolute Gasteiger partial charge is 0.452 e. The Hall–Kier alpha value is -0.0800. The van der Waals surface area contributed by atoms with Gasteiger partial charge in [-0.3, -0.25) is 4.90 Å². The van der Waals surface area contributed by atoms with Crippen molar-refractivity contribution < 1.29 is 12.8 Å². The molecule has 5 nitrogen and oxygen atoms in total. The number of furan rings is 1. The number of rotatable bonds is 6. The Labute approximate surface area is 139 Å². The third kappa shape index (κ3) is 3.64. The van der Waals surface area contributed by atoms with Gasteiger partial charge in [-0.25, -0.2) is 8.42 Å². The lowest BCUT2D eigenvalue weighted by Crippen LogP contribution is -2.41. The molecule has 0 radical (unpaired) electrons. The molecule has 120 valence electrons. The number of alkyl halides is 1. The van der Waals surface area contributed by atoms with Crippen molar-refractivity contribution in [1.29, 1.82) is 0 Å². The molecule has 21 heavy (non-hydrogen) atoms. The standard InChI is InChI=1S/C13H20BrClN2O3S/c1-3-17-6-4-5-10(17)9-16(2)21(18,19)12-7-11(8-15)20-13(12)14/h7,10H,3-6,8-9H2,1-2H3. The molecule has 0 aliphatic carbocycles. The van der Waals surface area contributed by atoms with Crippen LogP contribution in [-0.2, 0) is 15.9 Å². The van der Waals surface area contributed by atoms with Gasteiger partial charge in [-0.05, 0) is 41.9 Å². The van der Waals surface area contributed by atoms with E-state index in [2.05, 4.69) is 27.8 Å². The van der Waals surface area contributed by atoms with E-state index in [9.17, 15) is 8.42 Å². The Bertz CT molecular complexity index is 590. The molecule has 1 atom stereocenters. The molecule has 1 aromatic heterocycles. The van der Waals surface area contributed by atoms with Crippen LogP contribution in [0.1, 0.15) is 25.5 Å². The Morgan fingerprint density at radius 3 is 2.86 bits per heavy atom. The molecular weight excluding hydrogens is 380 g/mol. The highest BCUT2D eigenvalue weighted by Gasteiger charge is 2.31. The van der Waals surface area contributed by atoms with Crippen molar-refractivity contribution in [3.8, 4) is 0 Å². The van der Waals surface area contributed by atoms with Crippen LogP contribution in [0.15, 0.2) is 20.0 Å². The number of likely N-dealkylation sites (N-methyl/N-ethyl adjacent to an activating group) is 2. The first kappa shape index (κ1) is 17.3. The fourth-order valence-corrected chi connectivity index (χ4v) is 5.02. The first-order valence-electron chi connectivity index (χ1n) is 6.94. The zero-order chi connectivity index (χ0) is 15.6. The van der Waals surface area contributed by atoms with Gasteiger partial charge in [-0.15, -0.1) is 11.6 Å². The highest BCUT2D eigenvalue weighted by atomic mass is 79.9. The van der Waals surface area contributed by atoms with Gasteiger partial charge in [0.25, 0.3) is 0 Å². The van der Waals surface area contributed by atoms with Crippen LogP contribution in [-0.4, -0.2) is 50.3 Å². The number of halogens is 2. The van der Waals surface area contributed by atoms with E-state index >= 15 is 0 Å². The van der Waals surface area contributed by atoms with E-state index in [1.165, 1.54) is 10.4 Å². The first-order valence-corrected chi connectivity index (χ1v) is 9.71. The van der Waals surface area contributed by atoms with Gasteiger partial charge in [0.2, 0.25) is 10.0 Å². The summed E-state index contributed by atoms with van der Waals surface area (Å²) in [6.45, 7) is 4.58. The molecule has 1 saturated heterocycles. The first-order chi connectivity index (χ1) is 9.90. The minimum atomic E-state index is -3.57. The Kier molecular flexibility index (Phi) is 5.76. The minimum absolute atomic E-state index is 0.140. The molecule has 0 bridgehead atoms. The zero-order valence-electron chi connectivity index (χ0n) is 12.2. The maximum atomic E-state index is 12.6. The van der Waals surface area contributed by atoms with Gasteiger partial charge in [-0.2, -0.15) is 4.31 Å². The number of hydrogen-bond donors (Lipinski definition) is 0. The third-order valence-corrected chi connectivity index (χ3v) is 6.84. The van der Waals surface area contributed by atoms with Crippen LogP contribution >= 0.6 is 27.5 Å². The predicted molar refractivity (Wildman–Crippen MR) is 86.0 cm³/mol. The second-order valence-electron chi connectivity index (χ2n) is 5.19. The van der Waals surface area contributed by atoms with E-state index in [4.69, 9.17) is 16.0 Å². The average Bonchev–Trinajstić information content (AvgIpc) is 3.04. The molecule has 2 rings (SSSR count). The van der Waals surface area contributed by atoms with Crippen LogP contribution in [0.4, 0.5) is 0 Å². The average molecular weight is 400 g/mol. The van der Waals surface area contributed by atoms with Crippen molar-refractivity contribution in [2.45, 2.75) is 36.6 Å². The maximum Gasteiger partial charge on any atom is 0.247 e. The number of nitrogens with zero attached hydrogens (tertiary/aromatic N) is 2. The van der Waals surface area contributed by atoms with Crippen LogP contribution in [0, 0.1) is 0 Å². The normalized spacial score (nSPS) is 20.5. The topological polar surface area (TPSA) is 53.8 Å². The van der Waals surface area contributed by atoms with Gasteiger partial charge in [-0.1, -0.05) is 6.92 Å². The molecule has 1 aliphatic rings. The molecular formula is C13H20BrClN2O3S. The van der Waals surface area contributed by atoms with E-state index < -0.39 is 10.0 Å². The lowest BCUT2D eigenvalue weighted by atomic mass is 10.2. The molecule has 0 spiro atoms. The molecule has 1 unspecified atom stereocenters. The van der Waals surface area contributed by atoms with Gasteiger partial charge < -0.3 is 4.42 Å². The summed E-state index contributed by atoms with van der Waals surface area (Å²) >= 11 is 8.85. The van der Waals surface area contributed by atoms with Gasteiger partial charge in [0.15, 0.2) is 4.67 Å². The molecule has 8 heteroatoms.